The number of carbonyl (C=O) groups excluding carboxylic acids is 1. The molecule has 0 saturated heterocycles. The second-order valence-electron chi connectivity index (χ2n) is 7.21. The van der Waals surface area contributed by atoms with Gasteiger partial charge in [-0.05, 0) is 18.9 Å². The number of nitrogens with one attached hydrogen (secondary N) is 1. The third kappa shape index (κ3) is 5.28. The maximum absolute atomic E-state index is 13.0. The first-order chi connectivity index (χ1) is 14.0. The van der Waals surface area contributed by atoms with Crippen LogP contribution in [0.15, 0.2) is 45.7 Å². The van der Waals surface area contributed by atoms with Crippen LogP contribution in [-0.4, -0.2) is 27.3 Å². The van der Waals surface area contributed by atoms with Crippen LogP contribution in [0.5, 0.6) is 0 Å². The molecule has 1 aromatic carbocycles. The lowest BCUT2D eigenvalue weighted by molar-refractivity contribution is -0.119. The first-order valence-corrected chi connectivity index (χ1v) is 11.8. The predicted octanol–water partition coefficient (Wildman–Crippen LogP) is 4.84. The number of benzene rings is 1. The highest BCUT2D eigenvalue weighted by atomic mass is 32.2. The van der Waals surface area contributed by atoms with E-state index < -0.39 is 0 Å². The fourth-order valence-electron chi connectivity index (χ4n) is 3.23. The Hall–Kier alpha value is -2.12. The van der Waals surface area contributed by atoms with Crippen LogP contribution < -0.4 is 10.9 Å². The molecule has 0 radical (unpaired) electrons. The molecule has 0 saturated carbocycles. The molecule has 29 heavy (non-hydrogen) atoms. The number of fused-ring (bicyclic) bond motifs is 1. The van der Waals surface area contributed by atoms with E-state index in [2.05, 4.69) is 17.2 Å². The van der Waals surface area contributed by atoms with Crippen molar-refractivity contribution in [1.29, 1.82) is 0 Å². The monoisotopic (exact) mass is 429 g/mol. The van der Waals surface area contributed by atoms with Crippen molar-refractivity contribution in [2.75, 3.05) is 5.75 Å². The van der Waals surface area contributed by atoms with Crippen molar-refractivity contribution in [1.82, 2.24) is 14.9 Å². The van der Waals surface area contributed by atoms with E-state index in [0.29, 0.717) is 15.4 Å². The molecule has 3 aromatic rings. The molecule has 7 heteroatoms. The Kier molecular flexibility index (Phi) is 7.50. The second-order valence-corrected chi connectivity index (χ2v) is 9.01. The Morgan fingerprint density at radius 3 is 2.76 bits per heavy atom. The third-order valence-corrected chi connectivity index (χ3v) is 6.74. The summed E-state index contributed by atoms with van der Waals surface area (Å²) in [5, 5.41) is 6.22. The molecule has 0 aliphatic rings. The van der Waals surface area contributed by atoms with E-state index in [-0.39, 0.29) is 23.3 Å². The lowest BCUT2D eigenvalue weighted by atomic mass is 10.1. The molecule has 1 amide bonds. The number of aromatic nitrogens is 2. The van der Waals surface area contributed by atoms with E-state index in [1.54, 1.807) is 11.6 Å². The highest BCUT2D eigenvalue weighted by Crippen LogP contribution is 2.31. The number of hydrogen-bond donors (Lipinski definition) is 1. The van der Waals surface area contributed by atoms with Crippen LogP contribution >= 0.6 is 23.1 Å². The molecule has 3 rings (SSSR count). The maximum atomic E-state index is 13.0. The number of hydrogen-bond acceptors (Lipinski definition) is 5. The van der Waals surface area contributed by atoms with E-state index in [4.69, 9.17) is 0 Å². The first kappa shape index (κ1) is 21.6. The van der Waals surface area contributed by atoms with Crippen molar-refractivity contribution in [3.05, 3.63) is 46.1 Å². The van der Waals surface area contributed by atoms with Gasteiger partial charge >= 0.3 is 0 Å². The van der Waals surface area contributed by atoms with Gasteiger partial charge in [0.05, 0.1) is 11.1 Å². The normalized spacial score (nSPS) is 12.2. The Balaban J connectivity index is 1.72. The zero-order valence-corrected chi connectivity index (χ0v) is 18.7. The smallest absolute Gasteiger partial charge is 0.263 e. The summed E-state index contributed by atoms with van der Waals surface area (Å²) in [7, 11) is 1.72. The van der Waals surface area contributed by atoms with E-state index >= 15 is 0 Å². The Bertz CT molecular complexity index is 1030. The van der Waals surface area contributed by atoms with Gasteiger partial charge in [0.15, 0.2) is 5.16 Å². The lowest BCUT2D eigenvalue weighted by Gasteiger charge is -2.13. The van der Waals surface area contributed by atoms with Crippen molar-refractivity contribution in [2.24, 2.45) is 7.05 Å². The average molecular weight is 430 g/mol. The molecule has 0 aliphatic carbocycles. The van der Waals surface area contributed by atoms with Crippen LogP contribution in [0.1, 0.15) is 39.5 Å². The number of thioether (sulfide) groups is 1. The summed E-state index contributed by atoms with van der Waals surface area (Å²) >= 11 is 2.77. The van der Waals surface area contributed by atoms with Crippen molar-refractivity contribution in [3.8, 4) is 11.1 Å². The first-order valence-electron chi connectivity index (χ1n) is 9.97. The van der Waals surface area contributed by atoms with Gasteiger partial charge in [0.2, 0.25) is 5.91 Å². The van der Waals surface area contributed by atoms with Crippen LogP contribution in [0, 0.1) is 0 Å². The maximum Gasteiger partial charge on any atom is 0.263 e. The topological polar surface area (TPSA) is 64.0 Å². The third-order valence-electron chi connectivity index (χ3n) is 4.84. The average Bonchev–Trinajstić information content (AvgIpc) is 3.14. The summed E-state index contributed by atoms with van der Waals surface area (Å²) in [5.41, 5.74) is 1.84. The Morgan fingerprint density at radius 2 is 2.03 bits per heavy atom. The van der Waals surface area contributed by atoms with Crippen molar-refractivity contribution in [2.45, 2.75) is 50.7 Å². The van der Waals surface area contributed by atoms with Crippen molar-refractivity contribution < 1.29 is 4.79 Å². The van der Waals surface area contributed by atoms with Crippen LogP contribution in [0.2, 0.25) is 0 Å². The zero-order valence-electron chi connectivity index (χ0n) is 17.1. The Labute approximate surface area is 179 Å². The SMILES string of the molecule is CCCCCC(C)NC(=O)CSc1nc2scc(-c3ccccc3)c2c(=O)n1C. The van der Waals surface area contributed by atoms with Gasteiger partial charge in [0.25, 0.3) is 5.56 Å². The molecular weight excluding hydrogens is 402 g/mol. The number of thiophene rings is 1. The number of amides is 1. The van der Waals surface area contributed by atoms with Gasteiger partial charge in [0.1, 0.15) is 4.83 Å². The molecule has 0 spiro atoms. The zero-order chi connectivity index (χ0) is 20.8. The lowest BCUT2D eigenvalue weighted by Crippen LogP contribution is -2.34. The number of rotatable bonds is 9. The summed E-state index contributed by atoms with van der Waals surface area (Å²) in [6.07, 6.45) is 4.48. The summed E-state index contributed by atoms with van der Waals surface area (Å²) in [6.45, 7) is 4.21. The Morgan fingerprint density at radius 1 is 1.28 bits per heavy atom. The van der Waals surface area contributed by atoms with E-state index in [1.165, 1.54) is 35.9 Å². The molecule has 2 aromatic heterocycles. The molecule has 0 aliphatic heterocycles. The largest absolute Gasteiger partial charge is 0.353 e. The predicted molar refractivity (Wildman–Crippen MR) is 123 cm³/mol. The van der Waals surface area contributed by atoms with Crippen LogP contribution in [-0.2, 0) is 11.8 Å². The molecule has 2 heterocycles. The van der Waals surface area contributed by atoms with E-state index in [9.17, 15) is 9.59 Å². The van der Waals surface area contributed by atoms with Gasteiger partial charge in [-0.25, -0.2) is 4.98 Å². The number of nitrogens with zero attached hydrogens (tertiary/aromatic N) is 2. The van der Waals surface area contributed by atoms with Gasteiger partial charge in [-0.3, -0.25) is 14.2 Å². The number of carbonyl (C=O) groups is 1. The highest BCUT2D eigenvalue weighted by molar-refractivity contribution is 7.99. The van der Waals surface area contributed by atoms with Crippen LogP contribution in [0.25, 0.3) is 21.3 Å². The number of unbranched alkanes of at least 4 members (excludes halogenated alkanes) is 2. The fourth-order valence-corrected chi connectivity index (χ4v) is 5.00. The van der Waals surface area contributed by atoms with Gasteiger partial charge < -0.3 is 5.32 Å². The molecule has 1 unspecified atom stereocenters. The van der Waals surface area contributed by atoms with Gasteiger partial charge in [-0.1, -0.05) is 68.3 Å². The fraction of sp³-hybridized carbons (Fsp3) is 0.409. The molecule has 0 bridgehead atoms. The van der Waals surface area contributed by atoms with Crippen LogP contribution in [0.3, 0.4) is 0 Å². The summed E-state index contributed by atoms with van der Waals surface area (Å²) in [6, 6.07) is 10.0. The van der Waals surface area contributed by atoms with Gasteiger partial charge in [-0.15, -0.1) is 11.3 Å². The van der Waals surface area contributed by atoms with Gasteiger partial charge in [0, 0.05) is 24.0 Å². The summed E-state index contributed by atoms with van der Waals surface area (Å²) < 4.78 is 1.55. The highest BCUT2D eigenvalue weighted by Gasteiger charge is 2.16. The quantitative estimate of drug-likeness (QED) is 0.300. The van der Waals surface area contributed by atoms with E-state index in [0.717, 1.165) is 24.0 Å². The minimum Gasteiger partial charge on any atom is -0.353 e. The van der Waals surface area contributed by atoms with E-state index in [1.807, 2.05) is 42.6 Å². The molecule has 5 nitrogen and oxygen atoms in total. The van der Waals surface area contributed by atoms with Crippen molar-refractivity contribution in [3.63, 3.8) is 0 Å². The minimum atomic E-state index is -0.0778. The second kappa shape index (κ2) is 10.1. The van der Waals surface area contributed by atoms with Crippen molar-refractivity contribution >= 4 is 39.2 Å². The molecule has 154 valence electrons. The van der Waals surface area contributed by atoms with Crippen LogP contribution in [0.4, 0.5) is 0 Å². The molecule has 0 fully saturated rings. The standard InChI is InChI=1S/C22H27N3O2S2/c1-4-5-7-10-15(2)23-18(26)14-29-22-24-20-19(21(27)25(22)3)17(13-28-20)16-11-8-6-9-12-16/h6,8-9,11-13,15H,4-5,7,10,14H2,1-3H3,(H,23,26). The van der Waals surface area contributed by atoms with Gasteiger partial charge in [-0.2, -0.15) is 0 Å². The molecule has 1 atom stereocenters. The summed E-state index contributed by atoms with van der Waals surface area (Å²) in [5.74, 6) is 0.227. The summed E-state index contributed by atoms with van der Waals surface area (Å²) in [4.78, 5) is 30.6. The molecular formula is C22H27N3O2S2. The minimum absolute atomic E-state index is 0.0236. The molecule has 1 N–H and O–H groups in total.